The first kappa shape index (κ1) is 21.6. The van der Waals surface area contributed by atoms with Crippen LogP contribution >= 0.6 is 11.3 Å². The molecule has 0 radical (unpaired) electrons. The quantitative estimate of drug-likeness (QED) is 0.685. The van der Waals surface area contributed by atoms with E-state index in [0.717, 1.165) is 5.75 Å². The van der Waals surface area contributed by atoms with Crippen molar-refractivity contribution in [2.75, 3.05) is 26.8 Å². The summed E-state index contributed by atoms with van der Waals surface area (Å²) in [5.41, 5.74) is 0. The van der Waals surface area contributed by atoms with Gasteiger partial charge >= 0.3 is 0 Å². The molecule has 3 rings (SSSR count). The van der Waals surface area contributed by atoms with E-state index in [-0.39, 0.29) is 24.4 Å². The molecule has 2 heterocycles. The maximum absolute atomic E-state index is 12.7. The van der Waals surface area contributed by atoms with Gasteiger partial charge in [0.15, 0.2) is 0 Å². The lowest BCUT2D eigenvalue weighted by Crippen LogP contribution is -2.47. The average molecular weight is 439 g/mol. The second-order valence-electron chi connectivity index (χ2n) is 7.03. The van der Waals surface area contributed by atoms with Crippen LogP contribution in [0.25, 0.3) is 0 Å². The number of carbonyl (C=O) groups is 1. The van der Waals surface area contributed by atoms with Gasteiger partial charge in [0.25, 0.3) is 10.0 Å². The van der Waals surface area contributed by atoms with Crippen LogP contribution in [0.1, 0.15) is 19.8 Å². The lowest BCUT2D eigenvalue weighted by atomic mass is 9.98. The Morgan fingerprint density at radius 1 is 1.28 bits per heavy atom. The van der Waals surface area contributed by atoms with Crippen LogP contribution in [0.15, 0.2) is 46.0 Å². The molecule has 1 amide bonds. The molecule has 1 aromatic heterocycles. The Balaban J connectivity index is 1.51. The van der Waals surface area contributed by atoms with Crippen molar-refractivity contribution >= 4 is 27.3 Å². The summed E-state index contributed by atoms with van der Waals surface area (Å²) < 4.78 is 38.0. The minimum Gasteiger partial charge on any atom is -0.497 e. The number of thiophene rings is 1. The molecule has 1 fully saturated rings. The molecule has 9 heteroatoms. The molecule has 7 nitrogen and oxygen atoms in total. The van der Waals surface area contributed by atoms with E-state index >= 15 is 0 Å². The van der Waals surface area contributed by atoms with Crippen LogP contribution < -0.4 is 14.8 Å². The van der Waals surface area contributed by atoms with Crippen molar-refractivity contribution in [3.8, 4) is 11.5 Å². The molecule has 0 saturated carbocycles. The summed E-state index contributed by atoms with van der Waals surface area (Å²) in [6.07, 6.45) is 1.34. The number of benzene rings is 1. The Morgan fingerprint density at radius 3 is 2.66 bits per heavy atom. The minimum absolute atomic E-state index is 0.137. The number of piperidine rings is 1. The molecule has 2 aromatic rings. The Hall–Kier alpha value is -2.10. The van der Waals surface area contributed by atoms with Gasteiger partial charge in [0.05, 0.1) is 19.1 Å². The maximum Gasteiger partial charge on any atom is 0.252 e. The standard InChI is InChI=1S/C20H26N2O5S2/c1-15(14-27-18-9-7-17(26-2)8-10-18)21-20(23)16-5-3-11-22(13-16)29(24,25)19-6-4-12-28-19/h4,6-10,12,15-16H,3,5,11,13-14H2,1-2H3,(H,21,23)/t15-,16+/m0/s1. The third kappa shape index (κ3) is 5.49. The van der Waals surface area contributed by atoms with Gasteiger partial charge in [-0.3, -0.25) is 4.79 Å². The molecule has 0 unspecified atom stereocenters. The van der Waals surface area contributed by atoms with E-state index in [1.807, 2.05) is 31.2 Å². The number of carbonyl (C=O) groups excluding carboxylic acids is 1. The number of hydrogen-bond donors (Lipinski definition) is 1. The van der Waals surface area contributed by atoms with Gasteiger partial charge in [0.2, 0.25) is 5.91 Å². The second kappa shape index (κ2) is 9.60. The minimum atomic E-state index is -3.53. The predicted molar refractivity (Wildman–Crippen MR) is 112 cm³/mol. The fraction of sp³-hybridized carbons (Fsp3) is 0.450. The van der Waals surface area contributed by atoms with Crippen LogP contribution in [0.3, 0.4) is 0 Å². The smallest absolute Gasteiger partial charge is 0.252 e. The fourth-order valence-corrected chi connectivity index (χ4v) is 5.88. The highest BCUT2D eigenvalue weighted by Crippen LogP contribution is 2.26. The van der Waals surface area contributed by atoms with E-state index in [4.69, 9.17) is 9.47 Å². The number of amides is 1. The van der Waals surface area contributed by atoms with Gasteiger partial charge < -0.3 is 14.8 Å². The number of methoxy groups -OCH3 is 1. The van der Waals surface area contributed by atoms with Gasteiger partial charge in [-0.2, -0.15) is 4.31 Å². The Labute approximate surface area is 175 Å². The normalized spacial score (nSPS) is 18.8. The Bertz CT molecular complexity index is 897. The Kier molecular flexibility index (Phi) is 7.15. The third-order valence-electron chi connectivity index (χ3n) is 4.79. The first-order chi connectivity index (χ1) is 13.9. The van der Waals surface area contributed by atoms with Crippen LogP contribution in [-0.4, -0.2) is 51.5 Å². The van der Waals surface area contributed by atoms with Gasteiger partial charge in [-0.25, -0.2) is 8.42 Å². The predicted octanol–water partition coefficient (Wildman–Crippen LogP) is 2.74. The van der Waals surface area contributed by atoms with E-state index in [2.05, 4.69) is 5.32 Å². The highest BCUT2D eigenvalue weighted by Gasteiger charge is 2.34. The van der Waals surface area contributed by atoms with Gasteiger partial charge in [0, 0.05) is 13.1 Å². The number of sulfonamides is 1. The number of nitrogens with one attached hydrogen (secondary N) is 1. The summed E-state index contributed by atoms with van der Waals surface area (Å²) in [6.45, 7) is 2.84. The van der Waals surface area contributed by atoms with E-state index in [1.165, 1.54) is 15.6 Å². The summed E-state index contributed by atoms with van der Waals surface area (Å²) in [7, 11) is -1.93. The number of hydrogen-bond acceptors (Lipinski definition) is 6. The molecule has 29 heavy (non-hydrogen) atoms. The lowest BCUT2D eigenvalue weighted by molar-refractivity contribution is -0.126. The number of ether oxygens (including phenoxy) is 2. The molecule has 0 bridgehead atoms. The topological polar surface area (TPSA) is 84.9 Å². The van der Waals surface area contributed by atoms with Crippen molar-refractivity contribution in [2.24, 2.45) is 5.92 Å². The number of nitrogens with zero attached hydrogens (tertiary/aromatic N) is 1. The van der Waals surface area contributed by atoms with Gasteiger partial charge in [0.1, 0.15) is 22.3 Å². The molecule has 1 aromatic carbocycles. The first-order valence-electron chi connectivity index (χ1n) is 9.51. The molecular formula is C20H26N2O5S2. The molecule has 2 atom stereocenters. The zero-order valence-corrected chi connectivity index (χ0v) is 18.2. The molecular weight excluding hydrogens is 412 g/mol. The average Bonchev–Trinajstić information content (AvgIpc) is 3.28. The molecule has 1 aliphatic rings. The van der Waals surface area contributed by atoms with Crippen LogP contribution in [0.5, 0.6) is 11.5 Å². The highest BCUT2D eigenvalue weighted by molar-refractivity contribution is 7.91. The van der Waals surface area contributed by atoms with E-state index in [1.54, 1.807) is 24.6 Å². The van der Waals surface area contributed by atoms with Crippen molar-refractivity contribution in [3.63, 3.8) is 0 Å². The first-order valence-corrected chi connectivity index (χ1v) is 11.8. The maximum atomic E-state index is 12.7. The lowest BCUT2D eigenvalue weighted by Gasteiger charge is -2.31. The third-order valence-corrected chi connectivity index (χ3v) is 8.03. The van der Waals surface area contributed by atoms with Crippen molar-refractivity contribution in [1.82, 2.24) is 9.62 Å². The van der Waals surface area contributed by atoms with Crippen molar-refractivity contribution in [1.29, 1.82) is 0 Å². The second-order valence-corrected chi connectivity index (χ2v) is 10.1. The molecule has 1 N–H and O–H groups in total. The zero-order valence-electron chi connectivity index (χ0n) is 16.5. The molecule has 1 aliphatic heterocycles. The van der Waals surface area contributed by atoms with Gasteiger partial charge in [-0.05, 0) is 55.5 Å². The molecule has 0 aliphatic carbocycles. The van der Waals surface area contributed by atoms with Gasteiger partial charge in [-0.1, -0.05) is 6.07 Å². The molecule has 158 valence electrons. The van der Waals surface area contributed by atoms with Crippen molar-refractivity contribution in [3.05, 3.63) is 41.8 Å². The van der Waals surface area contributed by atoms with Crippen molar-refractivity contribution in [2.45, 2.75) is 30.0 Å². The van der Waals surface area contributed by atoms with E-state index < -0.39 is 10.0 Å². The summed E-state index contributed by atoms with van der Waals surface area (Å²) in [6, 6.07) is 10.4. The zero-order chi connectivity index (χ0) is 20.9. The van der Waals surface area contributed by atoms with Crippen LogP contribution in [0.4, 0.5) is 0 Å². The van der Waals surface area contributed by atoms with Crippen molar-refractivity contribution < 1.29 is 22.7 Å². The SMILES string of the molecule is COc1ccc(OC[C@H](C)NC(=O)[C@@H]2CCCN(S(=O)(=O)c3cccs3)C2)cc1. The molecule has 0 spiro atoms. The summed E-state index contributed by atoms with van der Waals surface area (Å²) in [4.78, 5) is 12.7. The molecule has 1 saturated heterocycles. The highest BCUT2D eigenvalue weighted by atomic mass is 32.2. The number of rotatable bonds is 8. The summed E-state index contributed by atoms with van der Waals surface area (Å²) in [5, 5.41) is 4.68. The van der Waals surface area contributed by atoms with Gasteiger partial charge in [-0.15, -0.1) is 11.3 Å². The largest absolute Gasteiger partial charge is 0.497 e. The van der Waals surface area contributed by atoms with Crippen LogP contribution in [-0.2, 0) is 14.8 Å². The fourth-order valence-electron chi connectivity index (χ4n) is 3.21. The van der Waals surface area contributed by atoms with Crippen LogP contribution in [0, 0.1) is 5.92 Å². The van der Waals surface area contributed by atoms with Crippen LogP contribution in [0.2, 0.25) is 0 Å². The summed E-state index contributed by atoms with van der Waals surface area (Å²) >= 11 is 1.20. The Morgan fingerprint density at radius 2 is 2.00 bits per heavy atom. The van der Waals surface area contributed by atoms with E-state index in [9.17, 15) is 13.2 Å². The van der Waals surface area contributed by atoms with E-state index in [0.29, 0.717) is 36.0 Å². The monoisotopic (exact) mass is 438 g/mol. The summed E-state index contributed by atoms with van der Waals surface area (Å²) in [5.74, 6) is 0.944.